The quantitative estimate of drug-likeness (QED) is 0.0408. The van der Waals surface area contributed by atoms with Crippen molar-refractivity contribution in [3.8, 4) is 0 Å². The smallest absolute Gasteiger partial charge is 0.317 e. The van der Waals surface area contributed by atoms with Gasteiger partial charge in [0, 0.05) is 211 Å². The van der Waals surface area contributed by atoms with Crippen molar-refractivity contribution in [2.24, 2.45) is 17.6 Å². The molecule has 0 spiro atoms. The lowest BCUT2D eigenvalue weighted by Gasteiger charge is -2.33. The molecule has 0 saturated carbocycles. The van der Waals surface area contributed by atoms with Crippen molar-refractivity contribution in [2.45, 2.75) is 208 Å². The molecule has 48 heteroatoms. The molecule has 2 bridgehead atoms. The van der Waals surface area contributed by atoms with Crippen LogP contribution < -0.4 is 27.0 Å². The van der Waals surface area contributed by atoms with E-state index in [1.54, 1.807) is 59.7 Å². The Kier molecular flexibility index (Phi) is 58.7. The topological polar surface area (TPSA) is 620 Å². The van der Waals surface area contributed by atoms with Crippen LogP contribution in [0.15, 0.2) is 48.5 Å². The number of ketones is 5. The maximum atomic E-state index is 15.6. The van der Waals surface area contributed by atoms with Crippen LogP contribution in [0.25, 0.3) is 0 Å². The third kappa shape index (κ3) is 50.4. The molecule has 4 fully saturated rings. The van der Waals surface area contributed by atoms with Crippen LogP contribution in [0.1, 0.15) is 165 Å². The Balaban J connectivity index is 1.00. The highest BCUT2D eigenvalue weighted by Gasteiger charge is 2.46. The van der Waals surface area contributed by atoms with Gasteiger partial charge in [-0.3, -0.25) is 130 Å². The summed E-state index contributed by atoms with van der Waals surface area (Å²) in [5.41, 5.74) is 8.48. The summed E-state index contributed by atoms with van der Waals surface area (Å²) in [7, 11) is 0. The number of carbonyl (C=O) groups excluding carboxylic acids is 12. The zero-order chi connectivity index (χ0) is 109. The Hall–Kier alpha value is -10.1. The van der Waals surface area contributed by atoms with Gasteiger partial charge >= 0.3 is 41.8 Å². The molecule has 0 radical (unpaired) electrons. The molecule has 14 N–H and O–H groups in total. The number of carboxylic acids is 7. The third-order valence-corrected chi connectivity index (χ3v) is 29.9. The fourth-order valence-electron chi connectivity index (χ4n) is 18.4. The fourth-order valence-corrected chi connectivity index (χ4v) is 21.4. The van der Waals surface area contributed by atoms with E-state index in [4.69, 9.17) is 19.9 Å². The molecule has 2 aromatic rings. The number of aliphatic carboxylic acids is 7. The predicted octanol–water partition coefficient (Wildman–Crippen LogP) is 0.854. The van der Waals surface area contributed by atoms with Gasteiger partial charge in [-0.25, -0.2) is 0 Å². The van der Waals surface area contributed by atoms with Crippen molar-refractivity contribution in [3.05, 3.63) is 70.8 Å². The number of fused-ring (bicyclic) bond motifs is 4. The Morgan fingerprint density at radius 3 is 1.34 bits per heavy atom. The number of aliphatic hydroxyl groups excluding tert-OH is 1. The molecule has 0 aliphatic carbocycles. The van der Waals surface area contributed by atoms with Gasteiger partial charge in [-0.2, -0.15) is 35.3 Å². The van der Waals surface area contributed by atoms with Crippen molar-refractivity contribution < 1.29 is 146 Å². The summed E-state index contributed by atoms with van der Waals surface area (Å²) in [5.74, 6) is -15.8. The molecule has 0 aromatic heterocycles. The normalized spacial score (nSPS) is 21.5. The molecular weight excluding hydrogens is 2000 g/mol. The van der Waals surface area contributed by atoms with Crippen LogP contribution in [0.4, 0.5) is 0 Å². The molecule has 1 unspecified atom stereocenters. The van der Waals surface area contributed by atoms with Crippen LogP contribution >= 0.6 is 35.3 Å². The standard InChI is InChI=1S/C101H155N15O30S3/c1-3-14-80(103-88(124)25-22-77(118)17-7-9-44-144-46-48-146-49-47-145-45-10-8-18-78(119)57-107-28-32-109(59-89(125)126)36-40-113(63-93(133)134)41-37-110(33-29-107)60-90(127)128)85(121)55-75-68-148-66-73-51-72(65-147-50-13-19-79(120)58-108-30-34-111(61-91(129)130)38-42-114(64-94(135)136)43-39-112(35-31-108)62-92(131)132)52-74(53-73)67-149-69-76(101(142)143)56-86(122)82(54-71-15-5-4-6-16-71)105-96(137)81(23-24-87(102)123)104-98(139)95(70(2)117)106-97(138)83-20-11-26-115(83)100(141)84-21-12-27-116(84)99(75)140/h4-6,15-16,51-53,70,75-76,80-84,95,117H,3,7-14,17-50,54-69H2,1-2H3,(H2,102,123)(H,103,124)(H,104,139)(H,105,137)(H,106,138)(H,125,126)(H,127,128)(H,129,130)(H,131,132)(H,133,134)(H,135,136)(H,142,143)/t70-,75+,76+,80?,81+,82+,83+,84+,95+/m1/s1. The number of aliphatic hydroxyl groups is 1. The number of benzene rings is 2. The first-order valence-electron chi connectivity index (χ1n) is 51.6. The lowest BCUT2D eigenvalue weighted by molar-refractivity contribution is -0.149. The van der Waals surface area contributed by atoms with E-state index in [0.717, 1.165) is 16.7 Å². The molecule has 7 amide bonds. The van der Waals surface area contributed by atoms with Crippen LogP contribution in [-0.4, -0.2) is 471 Å². The van der Waals surface area contributed by atoms with Crippen LogP contribution in [0.5, 0.6) is 0 Å². The number of primary amides is 1. The van der Waals surface area contributed by atoms with Crippen molar-refractivity contribution in [2.75, 3.05) is 227 Å². The zero-order valence-electron chi connectivity index (χ0n) is 85.9. The molecule has 45 nitrogen and oxygen atoms in total. The molecule has 9 atom stereocenters. The van der Waals surface area contributed by atoms with Crippen molar-refractivity contribution >= 4 is 147 Å². The van der Waals surface area contributed by atoms with E-state index in [1.165, 1.54) is 52.0 Å². The minimum atomic E-state index is -1.78. The lowest BCUT2D eigenvalue weighted by Crippen LogP contribution is -2.61. The number of carboxylic acid groups (broad SMARTS) is 7. The lowest BCUT2D eigenvalue weighted by atomic mass is 9.95. The number of rotatable bonds is 54. The maximum absolute atomic E-state index is 15.6. The van der Waals surface area contributed by atoms with Gasteiger partial charge < -0.3 is 91.9 Å². The Morgan fingerprint density at radius 1 is 0.463 bits per heavy atom. The maximum Gasteiger partial charge on any atom is 0.317 e. The number of nitrogens with one attached hydrogen (secondary N) is 4. The highest BCUT2D eigenvalue weighted by Crippen LogP contribution is 2.32. The summed E-state index contributed by atoms with van der Waals surface area (Å²) in [5, 5.41) is 90.4. The molecule has 4 saturated heterocycles. The Labute approximate surface area is 882 Å². The summed E-state index contributed by atoms with van der Waals surface area (Å²) in [6, 6.07) is 6.14. The van der Waals surface area contributed by atoms with E-state index < -0.39 is 175 Å². The molecule has 5 aliphatic rings. The van der Waals surface area contributed by atoms with Crippen molar-refractivity contribution in [1.82, 2.24) is 70.3 Å². The first-order valence-corrected chi connectivity index (χ1v) is 55.1. The highest BCUT2D eigenvalue weighted by molar-refractivity contribution is 7.99. The molecule has 832 valence electrons. The van der Waals surface area contributed by atoms with Crippen LogP contribution in [0, 0.1) is 11.8 Å². The molecule has 5 heterocycles. The highest BCUT2D eigenvalue weighted by atomic mass is 32.2. The summed E-state index contributed by atoms with van der Waals surface area (Å²) in [6.07, 6.45) is 0.732. The second kappa shape index (κ2) is 69.5. The first kappa shape index (κ1) is 126. The van der Waals surface area contributed by atoms with E-state index in [9.17, 15) is 122 Å². The van der Waals surface area contributed by atoms with Gasteiger partial charge in [-0.05, 0) is 112 Å². The van der Waals surface area contributed by atoms with Gasteiger partial charge in [0.2, 0.25) is 41.4 Å². The average molecular weight is 2160 g/mol. The predicted molar refractivity (Wildman–Crippen MR) is 552 cm³/mol. The van der Waals surface area contributed by atoms with Gasteiger partial charge in [0.25, 0.3) is 0 Å². The summed E-state index contributed by atoms with van der Waals surface area (Å²) in [4.78, 5) is 271. The van der Waals surface area contributed by atoms with Crippen LogP contribution in [0.3, 0.4) is 0 Å². The molecular formula is C101H155N15O30S3. The van der Waals surface area contributed by atoms with E-state index in [2.05, 4.69) is 21.3 Å². The SMILES string of the molecule is CCCC(NC(=O)CCC(=O)CCCCOCCOCCOCCCCC(=O)CN1CCN(CC(=O)O)CCN(CC(=O)O)CCN(CC(=O)O)CC1)C(=O)C[C@H]1CSCc2cc(CSCCCC(=O)CN3CCN(CC(=O)O)CCN(CC(=O)O)CCN(CC(=O)O)CC3)cc(c2)CSC[C@@H](C(=O)O)CC(=O)[C@H](Cc2ccccc2)NC(=O)[C@H](CCC(N)=O)NC(=O)[C@H]([C@@H](C)O)NC(=O)[C@@H]2CCCN2C(=O)[C@@H]2CCCN2C1=O. The van der Waals surface area contributed by atoms with E-state index in [-0.39, 0.29) is 262 Å². The minimum absolute atomic E-state index is 0.00824. The number of unbranched alkanes of at least 4 members (excludes halogenated alkanes) is 2. The number of Topliss-reactive ketones (excluding diaryl/α,β-unsaturated/α-hetero) is 5. The first-order chi connectivity index (χ1) is 71.3. The zero-order valence-corrected chi connectivity index (χ0v) is 88.3. The molecule has 149 heavy (non-hydrogen) atoms. The van der Waals surface area contributed by atoms with Gasteiger partial charge in [0.15, 0.2) is 11.6 Å². The van der Waals surface area contributed by atoms with E-state index in [0.29, 0.717) is 114 Å². The Morgan fingerprint density at radius 2 is 0.893 bits per heavy atom. The number of nitrogens with two attached hydrogens (primary N) is 1. The number of hydrogen-bond donors (Lipinski definition) is 13. The van der Waals surface area contributed by atoms with Gasteiger partial charge in [-0.1, -0.05) is 61.9 Å². The molecule has 7 rings (SSSR count). The van der Waals surface area contributed by atoms with Crippen molar-refractivity contribution in [3.63, 3.8) is 0 Å². The number of ether oxygens (including phenoxy) is 3. The minimum Gasteiger partial charge on any atom is -0.481 e. The number of carbonyl (C=O) groups is 19. The number of thioether (sulfide) groups is 3. The van der Waals surface area contributed by atoms with Crippen LogP contribution in [0.2, 0.25) is 0 Å². The molecule has 2 aromatic carbocycles. The second-order valence-electron chi connectivity index (χ2n) is 38.7. The monoisotopic (exact) mass is 2150 g/mol. The van der Waals surface area contributed by atoms with E-state index >= 15 is 9.59 Å². The van der Waals surface area contributed by atoms with Crippen LogP contribution in [-0.2, 0) is 129 Å². The number of hydrogen-bond acceptors (Lipinski definition) is 34. The van der Waals surface area contributed by atoms with Gasteiger partial charge in [-0.15, -0.1) is 0 Å². The van der Waals surface area contributed by atoms with E-state index in [1.807, 2.05) is 34.9 Å². The van der Waals surface area contributed by atoms with Gasteiger partial charge in [0.1, 0.15) is 41.5 Å². The average Bonchev–Trinajstić information content (AvgIpc) is 1.64. The summed E-state index contributed by atoms with van der Waals surface area (Å²) < 4.78 is 17.1. The summed E-state index contributed by atoms with van der Waals surface area (Å²) >= 11 is 4.09. The van der Waals surface area contributed by atoms with Crippen molar-refractivity contribution in [1.29, 1.82) is 0 Å². The summed E-state index contributed by atoms with van der Waals surface area (Å²) in [6.45, 7) is 7.44. The Bertz CT molecular complexity index is 4620. The second-order valence-corrected chi connectivity index (χ2v) is 41.9. The molecule has 5 aliphatic heterocycles. The fraction of sp³-hybridized carbons (Fsp3) is 0.693. The largest absolute Gasteiger partial charge is 0.481 e. The number of amides is 7. The number of nitrogens with zero attached hydrogens (tertiary/aromatic N) is 10. The third-order valence-electron chi connectivity index (χ3n) is 26.4. The van der Waals surface area contributed by atoms with Gasteiger partial charge in [0.05, 0.1) is 109 Å².